The minimum atomic E-state index is -4.55. The van der Waals surface area contributed by atoms with Crippen molar-refractivity contribution in [1.82, 2.24) is 10.0 Å². The van der Waals surface area contributed by atoms with Gasteiger partial charge in [0.1, 0.15) is 6.54 Å². The molecule has 0 atom stereocenters. The summed E-state index contributed by atoms with van der Waals surface area (Å²) in [7, 11) is -3.94. The molecule has 0 fully saturated rings. The molecule has 0 aliphatic heterocycles. The first-order chi connectivity index (χ1) is 12.1. The van der Waals surface area contributed by atoms with Crippen molar-refractivity contribution >= 4 is 15.9 Å². The summed E-state index contributed by atoms with van der Waals surface area (Å²) >= 11 is 0. The summed E-state index contributed by atoms with van der Waals surface area (Å²) in [5, 5.41) is 1.72. The fourth-order valence-electron chi connectivity index (χ4n) is 2.17. The summed E-state index contributed by atoms with van der Waals surface area (Å²) in [6.45, 7) is 0.0929. The van der Waals surface area contributed by atoms with Gasteiger partial charge >= 0.3 is 6.18 Å². The van der Waals surface area contributed by atoms with Crippen molar-refractivity contribution in [2.24, 2.45) is 0 Å². The molecule has 0 radical (unpaired) electrons. The van der Waals surface area contributed by atoms with Gasteiger partial charge in [-0.1, -0.05) is 36.4 Å². The number of sulfonamides is 1. The van der Waals surface area contributed by atoms with E-state index in [1.54, 1.807) is 35.6 Å². The average Bonchev–Trinajstić information content (AvgIpc) is 2.58. The fourth-order valence-corrected chi connectivity index (χ4v) is 3.45. The number of alkyl halides is 3. The zero-order chi connectivity index (χ0) is 19.4. The number of nitrogens with one attached hydrogen (secondary N) is 2. The summed E-state index contributed by atoms with van der Waals surface area (Å²) in [5.74, 6) is -0.998. The number of hydrogen-bond donors (Lipinski definition) is 2. The third kappa shape index (κ3) is 5.57. The number of carbonyl (C=O) groups excluding carboxylic acids is 1. The Morgan fingerprint density at radius 1 is 1.08 bits per heavy atom. The Labute approximate surface area is 149 Å². The van der Waals surface area contributed by atoms with Crippen LogP contribution in [0.1, 0.15) is 21.5 Å². The summed E-state index contributed by atoms with van der Waals surface area (Å²) in [6.07, 6.45) is -4.55. The number of amides is 1. The van der Waals surface area contributed by atoms with Crippen molar-refractivity contribution in [2.75, 3.05) is 6.54 Å². The van der Waals surface area contributed by atoms with Crippen LogP contribution < -0.4 is 10.0 Å². The number of benzene rings is 2. The zero-order valence-electron chi connectivity index (χ0n) is 13.8. The fraction of sp³-hybridized carbons (Fsp3) is 0.235. The van der Waals surface area contributed by atoms with Gasteiger partial charge in [0.25, 0.3) is 5.91 Å². The van der Waals surface area contributed by atoms with Crippen LogP contribution in [0.3, 0.4) is 0 Å². The number of aryl methyl sites for hydroxylation is 1. The first-order valence-corrected chi connectivity index (χ1v) is 9.06. The molecule has 0 aromatic heterocycles. The highest BCUT2D eigenvalue weighted by atomic mass is 32.2. The van der Waals surface area contributed by atoms with Gasteiger partial charge in [-0.15, -0.1) is 0 Å². The summed E-state index contributed by atoms with van der Waals surface area (Å²) < 4.78 is 64.0. The number of rotatable bonds is 6. The van der Waals surface area contributed by atoms with Crippen LogP contribution in [0.2, 0.25) is 0 Å². The number of carbonyl (C=O) groups is 1. The van der Waals surface area contributed by atoms with Crippen molar-refractivity contribution in [3.63, 3.8) is 0 Å². The maximum atomic E-state index is 12.5. The lowest BCUT2D eigenvalue weighted by Gasteiger charge is -2.12. The quantitative estimate of drug-likeness (QED) is 0.802. The molecule has 0 saturated carbocycles. The van der Waals surface area contributed by atoms with Crippen LogP contribution in [0.15, 0.2) is 53.4 Å². The predicted molar refractivity (Wildman–Crippen MR) is 90.0 cm³/mol. The number of halogens is 3. The van der Waals surface area contributed by atoms with Gasteiger partial charge in [-0.2, -0.15) is 13.2 Å². The molecule has 140 valence electrons. The molecular weight excluding hydrogens is 369 g/mol. The van der Waals surface area contributed by atoms with Gasteiger partial charge < -0.3 is 5.32 Å². The first-order valence-electron chi connectivity index (χ1n) is 7.58. The Hall–Kier alpha value is -2.39. The normalized spacial score (nSPS) is 12.0. The van der Waals surface area contributed by atoms with Gasteiger partial charge in [-0.3, -0.25) is 4.79 Å². The van der Waals surface area contributed by atoms with Gasteiger partial charge in [0.15, 0.2) is 0 Å². The molecule has 5 nitrogen and oxygen atoms in total. The molecule has 9 heteroatoms. The van der Waals surface area contributed by atoms with E-state index in [1.165, 1.54) is 19.1 Å². The van der Waals surface area contributed by atoms with E-state index in [9.17, 15) is 26.4 Å². The predicted octanol–water partition coefficient (Wildman–Crippen LogP) is 2.77. The van der Waals surface area contributed by atoms with Crippen LogP contribution >= 0.6 is 0 Å². The molecule has 2 N–H and O–H groups in total. The highest BCUT2D eigenvalue weighted by molar-refractivity contribution is 7.89. The Balaban J connectivity index is 2.18. The maximum Gasteiger partial charge on any atom is 0.405 e. The second-order valence-electron chi connectivity index (χ2n) is 5.59. The molecule has 2 aromatic rings. The van der Waals surface area contributed by atoms with E-state index in [0.717, 1.165) is 11.6 Å². The monoisotopic (exact) mass is 386 g/mol. The van der Waals surface area contributed by atoms with E-state index in [1.807, 2.05) is 0 Å². The summed E-state index contributed by atoms with van der Waals surface area (Å²) in [5.41, 5.74) is 0.950. The van der Waals surface area contributed by atoms with Gasteiger partial charge in [-0.25, -0.2) is 13.1 Å². The minimum absolute atomic E-state index is 0.0487. The molecule has 2 aromatic carbocycles. The number of hydrogen-bond acceptors (Lipinski definition) is 3. The Kier molecular flexibility index (Phi) is 6.04. The molecular formula is C17H17F3N2O3S. The zero-order valence-corrected chi connectivity index (χ0v) is 14.6. The SMILES string of the molecule is Cc1ccc(C(=O)NCC(F)(F)F)cc1S(=O)(=O)NCc1ccccc1. The Bertz CT molecular complexity index is 882. The third-order valence-electron chi connectivity index (χ3n) is 3.50. The molecule has 26 heavy (non-hydrogen) atoms. The highest BCUT2D eigenvalue weighted by Gasteiger charge is 2.28. The Morgan fingerprint density at radius 3 is 2.35 bits per heavy atom. The molecule has 2 rings (SSSR count). The van der Waals surface area contributed by atoms with Crippen molar-refractivity contribution in [2.45, 2.75) is 24.5 Å². The van der Waals surface area contributed by atoms with Crippen molar-refractivity contribution in [3.8, 4) is 0 Å². The highest BCUT2D eigenvalue weighted by Crippen LogP contribution is 2.18. The van der Waals surface area contributed by atoms with E-state index in [2.05, 4.69) is 4.72 Å². The molecule has 0 spiro atoms. The van der Waals surface area contributed by atoms with Crippen LogP contribution in [0.25, 0.3) is 0 Å². The van der Waals surface area contributed by atoms with Crippen molar-refractivity contribution < 1.29 is 26.4 Å². The van der Waals surface area contributed by atoms with E-state index in [4.69, 9.17) is 0 Å². The molecule has 0 heterocycles. The van der Waals surface area contributed by atoms with E-state index in [0.29, 0.717) is 5.56 Å². The average molecular weight is 386 g/mol. The van der Waals surface area contributed by atoms with Gasteiger partial charge in [-0.05, 0) is 30.2 Å². The van der Waals surface area contributed by atoms with E-state index >= 15 is 0 Å². The largest absolute Gasteiger partial charge is 0.405 e. The topological polar surface area (TPSA) is 75.3 Å². The van der Waals surface area contributed by atoms with Crippen LogP contribution in [-0.4, -0.2) is 27.0 Å². The molecule has 0 aliphatic rings. The molecule has 0 aliphatic carbocycles. The summed E-state index contributed by atoms with van der Waals surface area (Å²) in [6, 6.07) is 12.5. The van der Waals surface area contributed by atoms with Crippen LogP contribution in [0, 0.1) is 6.92 Å². The molecule has 1 amide bonds. The van der Waals surface area contributed by atoms with Crippen LogP contribution in [0.4, 0.5) is 13.2 Å². The van der Waals surface area contributed by atoms with E-state index in [-0.39, 0.29) is 17.0 Å². The van der Waals surface area contributed by atoms with Crippen molar-refractivity contribution in [1.29, 1.82) is 0 Å². The van der Waals surface area contributed by atoms with Gasteiger partial charge in [0.05, 0.1) is 4.90 Å². The van der Waals surface area contributed by atoms with Crippen LogP contribution in [0.5, 0.6) is 0 Å². The van der Waals surface area contributed by atoms with Gasteiger partial charge in [0.2, 0.25) is 10.0 Å². The lowest BCUT2D eigenvalue weighted by Crippen LogP contribution is -2.34. The molecule has 0 saturated heterocycles. The van der Waals surface area contributed by atoms with Crippen LogP contribution in [-0.2, 0) is 16.6 Å². The lowest BCUT2D eigenvalue weighted by atomic mass is 10.1. The third-order valence-corrected chi connectivity index (χ3v) is 5.04. The van der Waals surface area contributed by atoms with Gasteiger partial charge in [0, 0.05) is 12.1 Å². The summed E-state index contributed by atoms with van der Waals surface area (Å²) in [4.78, 5) is 11.7. The Morgan fingerprint density at radius 2 is 1.73 bits per heavy atom. The standard InChI is InChI=1S/C17H17F3N2O3S/c1-12-7-8-14(16(23)21-11-17(18,19)20)9-15(12)26(24,25)22-10-13-5-3-2-4-6-13/h2-9,22H,10-11H2,1H3,(H,21,23). The second-order valence-corrected chi connectivity index (χ2v) is 7.32. The lowest BCUT2D eigenvalue weighted by molar-refractivity contribution is -0.123. The van der Waals surface area contributed by atoms with E-state index < -0.39 is 28.7 Å². The molecule has 0 unspecified atom stereocenters. The van der Waals surface area contributed by atoms with Crippen molar-refractivity contribution in [3.05, 3.63) is 65.2 Å². The smallest absolute Gasteiger partial charge is 0.343 e. The second kappa shape index (κ2) is 7.88. The molecule has 0 bridgehead atoms. The minimum Gasteiger partial charge on any atom is -0.343 e. The first kappa shape index (κ1) is 19.9. The maximum absolute atomic E-state index is 12.5.